The normalized spacial score (nSPS) is 19.9. The molecule has 0 saturated carbocycles. The number of fused-ring (bicyclic) bond motifs is 2. The van der Waals surface area contributed by atoms with Crippen molar-refractivity contribution in [1.29, 1.82) is 0 Å². The molecule has 3 aromatic rings. The Morgan fingerprint density at radius 2 is 1.91 bits per heavy atom. The molecule has 2 aliphatic rings. The van der Waals surface area contributed by atoms with Crippen molar-refractivity contribution in [2.75, 3.05) is 56.6 Å². The van der Waals surface area contributed by atoms with Crippen molar-refractivity contribution in [1.82, 2.24) is 10.1 Å². The summed E-state index contributed by atoms with van der Waals surface area (Å²) >= 11 is 0. The van der Waals surface area contributed by atoms with E-state index >= 15 is 0 Å². The predicted octanol–water partition coefficient (Wildman–Crippen LogP) is 3.86. The standard InChI is InChI=1S/C26H32N4O3/c1-16-12-17(2)15-30(14-16)21-13-20(27-8-9-29(3)10-11-31)22-23-24(21)28-33-26(23)19-7-5-4-6-18(19)25(22)32/h4-7,13,16-17,27,31H,8-12,14-15H2,1-3H3. The van der Waals surface area contributed by atoms with Crippen LogP contribution in [0.3, 0.4) is 0 Å². The van der Waals surface area contributed by atoms with E-state index in [-0.39, 0.29) is 12.4 Å². The first-order valence-corrected chi connectivity index (χ1v) is 11.9. The summed E-state index contributed by atoms with van der Waals surface area (Å²) in [5.41, 5.74) is 4.73. The monoisotopic (exact) mass is 448 g/mol. The molecule has 2 heterocycles. The van der Waals surface area contributed by atoms with Gasteiger partial charge in [-0.15, -0.1) is 0 Å². The van der Waals surface area contributed by atoms with Crippen LogP contribution in [0, 0.1) is 11.8 Å². The Morgan fingerprint density at radius 1 is 1.18 bits per heavy atom. The fourth-order valence-electron chi connectivity index (χ4n) is 5.45. The van der Waals surface area contributed by atoms with Crippen LogP contribution in [-0.4, -0.2) is 67.3 Å². The molecule has 2 N–H and O–H groups in total. The van der Waals surface area contributed by atoms with Crippen molar-refractivity contribution in [3.05, 3.63) is 41.5 Å². The summed E-state index contributed by atoms with van der Waals surface area (Å²) in [5.74, 6) is 1.86. The Morgan fingerprint density at radius 3 is 2.64 bits per heavy atom. The third kappa shape index (κ3) is 3.89. The molecule has 1 aromatic heterocycles. The lowest BCUT2D eigenvalue weighted by Crippen LogP contribution is -2.39. The average molecular weight is 449 g/mol. The van der Waals surface area contributed by atoms with E-state index in [4.69, 9.17) is 4.52 Å². The number of aliphatic hydroxyl groups is 1. The van der Waals surface area contributed by atoms with E-state index in [2.05, 4.69) is 40.2 Å². The zero-order chi connectivity index (χ0) is 23.1. The Kier molecular flexibility index (Phi) is 5.85. The summed E-state index contributed by atoms with van der Waals surface area (Å²) in [7, 11) is 1.98. The number of aliphatic hydroxyl groups excluding tert-OH is 1. The molecule has 1 aliphatic carbocycles. The van der Waals surface area contributed by atoms with E-state index < -0.39 is 0 Å². The molecule has 2 unspecified atom stereocenters. The second kappa shape index (κ2) is 8.80. The summed E-state index contributed by atoms with van der Waals surface area (Å²) in [6, 6.07) is 9.70. The highest BCUT2D eigenvalue weighted by molar-refractivity contribution is 6.28. The number of carbonyl (C=O) groups excluding carboxylic acids is 1. The van der Waals surface area contributed by atoms with E-state index in [1.807, 2.05) is 31.3 Å². The molecule has 1 aliphatic heterocycles. The van der Waals surface area contributed by atoms with Gasteiger partial charge in [0.1, 0.15) is 5.52 Å². The van der Waals surface area contributed by atoms with Crippen LogP contribution in [0.1, 0.15) is 36.2 Å². The largest absolute Gasteiger partial charge is 0.395 e. The van der Waals surface area contributed by atoms with Crippen LogP contribution in [0.25, 0.3) is 22.2 Å². The number of benzene rings is 2. The highest BCUT2D eigenvalue weighted by Gasteiger charge is 2.34. The van der Waals surface area contributed by atoms with Crippen LogP contribution in [0.5, 0.6) is 0 Å². The van der Waals surface area contributed by atoms with Crippen molar-refractivity contribution in [2.24, 2.45) is 11.8 Å². The molecular weight excluding hydrogens is 416 g/mol. The predicted molar refractivity (Wildman–Crippen MR) is 131 cm³/mol. The molecule has 5 rings (SSSR count). The van der Waals surface area contributed by atoms with Gasteiger partial charge in [-0.3, -0.25) is 4.79 Å². The van der Waals surface area contributed by atoms with Crippen LogP contribution in [0.2, 0.25) is 0 Å². The topological polar surface area (TPSA) is 81.8 Å². The maximum Gasteiger partial charge on any atom is 0.196 e. The number of piperidine rings is 1. The van der Waals surface area contributed by atoms with Crippen molar-refractivity contribution in [3.63, 3.8) is 0 Å². The Labute approximate surface area is 194 Å². The number of likely N-dealkylation sites (N-methyl/N-ethyl adjacent to an activating group) is 1. The van der Waals surface area contributed by atoms with Crippen LogP contribution < -0.4 is 10.2 Å². The van der Waals surface area contributed by atoms with Gasteiger partial charge < -0.3 is 24.7 Å². The maximum absolute atomic E-state index is 13.6. The van der Waals surface area contributed by atoms with Gasteiger partial charge in [0.15, 0.2) is 11.5 Å². The number of nitrogens with zero attached hydrogens (tertiary/aromatic N) is 3. The lowest BCUT2D eigenvalue weighted by molar-refractivity contribution is 0.104. The Bertz CT molecular complexity index is 1180. The van der Waals surface area contributed by atoms with Crippen LogP contribution in [-0.2, 0) is 0 Å². The molecule has 1 fully saturated rings. The third-order valence-corrected chi connectivity index (χ3v) is 6.88. The number of aromatic nitrogens is 1. The molecule has 174 valence electrons. The molecule has 2 atom stereocenters. The van der Waals surface area contributed by atoms with E-state index in [1.165, 1.54) is 6.42 Å². The number of rotatable bonds is 7. The van der Waals surface area contributed by atoms with E-state index in [0.717, 1.165) is 47.5 Å². The zero-order valence-corrected chi connectivity index (χ0v) is 19.6. The molecule has 0 radical (unpaired) electrons. The Hall–Kier alpha value is -2.90. The molecule has 2 aromatic carbocycles. The van der Waals surface area contributed by atoms with Gasteiger partial charge in [-0.25, -0.2) is 0 Å². The SMILES string of the molecule is CC1CC(C)CN(c2cc(NCCN(C)CCO)c3c4c(onc24)-c2ccccc2C3=O)C1. The van der Waals surface area contributed by atoms with Crippen molar-refractivity contribution in [2.45, 2.75) is 20.3 Å². The van der Waals surface area contributed by atoms with E-state index in [0.29, 0.717) is 41.8 Å². The van der Waals surface area contributed by atoms with Crippen LogP contribution in [0.4, 0.5) is 11.4 Å². The van der Waals surface area contributed by atoms with Crippen LogP contribution in [0.15, 0.2) is 34.9 Å². The van der Waals surface area contributed by atoms with Crippen LogP contribution >= 0.6 is 0 Å². The fourth-order valence-corrected chi connectivity index (χ4v) is 5.45. The van der Waals surface area contributed by atoms with Crippen molar-refractivity contribution >= 4 is 28.1 Å². The summed E-state index contributed by atoms with van der Waals surface area (Å²) in [6.45, 7) is 8.67. The summed E-state index contributed by atoms with van der Waals surface area (Å²) < 4.78 is 5.89. The molecule has 7 heteroatoms. The number of hydrogen-bond donors (Lipinski definition) is 2. The molecule has 0 bridgehead atoms. The molecule has 0 amide bonds. The van der Waals surface area contributed by atoms with Crippen molar-refractivity contribution < 1.29 is 14.4 Å². The molecule has 33 heavy (non-hydrogen) atoms. The van der Waals surface area contributed by atoms with Gasteiger partial charge in [0.05, 0.1) is 23.2 Å². The van der Waals surface area contributed by atoms with Gasteiger partial charge in [0, 0.05) is 49.5 Å². The number of anilines is 2. The minimum absolute atomic E-state index is 0.00411. The van der Waals surface area contributed by atoms with Crippen molar-refractivity contribution in [3.8, 4) is 11.3 Å². The van der Waals surface area contributed by atoms with Gasteiger partial charge in [0.2, 0.25) is 0 Å². The fraction of sp³-hybridized carbons (Fsp3) is 0.462. The van der Waals surface area contributed by atoms with E-state index in [1.54, 1.807) is 0 Å². The number of carbonyl (C=O) groups is 1. The molecular formula is C26H32N4O3. The van der Waals surface area contributed by atoms with Gasteiger partial charge in [0.25, 0.3) is 0 Å². The summed E-state index contributed by atoms with van der Waals surface area (Å²) in [4.78, 5) is 18.1. The highest BCUT2D eigenvalue weighted by Crippen LogP contribution is 2.46. The minimum Gasteiger partial charge on any atom is -0.395 e. The lowest BCUT2D eigenvalue weighted by Gasteiger charge is -2.37. The average Bonchev–Trinajstić information content (AvgIpc) is 3.22. The molecule has 0 spiro atoms. The second-order valence-corrected chi connectivity index (χ2v) is 9.73. The van der Waals surface area contributed by atoms with E-state index in [9.17, 15) is 9.90 Å². The first-order valence-electron chi connectivity index (χ1n) is 11.9. The second-order valence-electron chi connectivity index (χ2n) is 9.73. The first-order chi connectivity index (χ1) is 16.0. The minimum atomic E-state index is 0.00411. The summed E-state index contributed by atoms with van der Waals surface area (Å²) in [6.07, 6.45) is 1.22. The molecule has 1 saturated heterocycles. The Balaban J connectivity index is 1.62. The number of hydrogen-bond acceptors (Lipinski definition) is 7. The van der Waals surface area contributed by atoms with Gasteiger partial charge in [-0.05, 0) is 31.4 Å². The number of ketones is 1. The zero-order valence-electron chi connectivity index (χ0n) is 19.6. The third-order valence-electron chi connectivity index (χ3n) is 6.88. The molecule has 7 nitrogen and oxygen atoms in total. The lowest BCUT2D eigenvalue weighted by atomic mass is 9.85. The quantitative estimate of drug-likeness (QED) is 0.444. The highest BCUT2D eigenvalue weighted by atomic mass is 16.5. The van der Waals surface area contributed by atoms with Gasteiger partial charge in [-0.2, -0.15) is 0 Å². The smallest absolute Gasteiger partial charge is 0.196 e. The van der Waals surface area contributed by atoms with Gasteiger partial charge >= 0.3 is 0 Å². The maximum atomic E-state index is 13.6. The first kappa shape index (κ1) is 21.9. The number of nitrogens with one attached hydrogen (secondary N) is 1. The van der Waals surface area contributed by atoms with Gasteiger partial charge in [-0.1, -0.05) is 43.3 Å². The summed E-state index contributed by atoms with van der Waals surface area (Å²) in [5, 5.41) is 18.0.